The minimum absolute atomic E-state index is 0.234. The van der Waals surface area contributed by atoms with Crippen molar-refractivity contribution in [3.8, 4) is 17.6 Å². The van der Waals surface area contributed by atoms with Gasteiger partial charge in [-0.2, -0.15) is 10.4 Å². The molecule has 26 heavy (non-hydrogen) atoms. The molecule has 0 spiro atoms. The molecule has 1 atom stereocenters. The molecule has 0 aromatic carbocycles. The van der Waals surface area contributed by atoms with Crippen molar-refractivity contribution in [1.82, 2.24) is 24.8 Å². The van der Waals surface area contributed by atoms with Gasteiger partial charge in [-0.25, -0.2) is 9.50 Å². The third kappa shape index (κ3) is 2.21. The highest BCUT2D eigenvalue weighted by Gasteiger charge is 2.47. The fourth-order valence-corrected chi connectivity index (χ4v) is 3.69. The van der Waals surface area contributed by atoms with Crippen LogP contribution in [0.4, 0.5) is 5.82 Å². The van der Waals surface area contributed by atoms with Crippen molar-refractivity contribution in [3.05, 3.63) is 30.1 Å². The predicted octanol–water partition coefficient (Wildman–Crippen LogP) is 1.90. The molecule has 0 bridgehead atoms. The monoisotopic (exact) mass is 349 g/mol. The van der Waals surface area contributed by atoms with Gasteiger partial charge in [0.15, 0.2) is 5.82 Å². The number of aromatic amines is 1. The molecule has 1 aliphatic carbocycles. The molecule has 3 aromatic rings. The number of ether oxygens (including phenoxy) is 1. The van der Waals surface area contributed by atoms with Gasteiger partial charge in [-0.05, 0) is 31.9 Å². The number of morpholine rings is 1. The van der Waals surface area contributed by atoms with Gasteiger partial charge in [-0.15, -0.1) is 5.10 Å². The van der Waals surface area contributed by atoms with Gasteiger partial charge in [-0.1, -0.05) is 0 Å². The van der Waals surface area contributed by atoms with E-state index >= 15 is 0 Å². The van der Waals surface area contributed by atoms with Gasteiger partial charge in [-0.3, -0.25) is 5.10 Å². The van der Waals surface area contributed by atoms with Gasteiger partial charge in [0.05, 0.1) is 42.5 Å². The van der Waals surface area contributed by atoms with Crippen LogP contribution in [-0.2, 0) is 10.2 Å². The maximum Gasteiger partial charge on any atom is 0.179 e. The van der Waals surface area contributed by atoms with E-state index in [2.05, 4.69) is 39.1 Å². The van der Waals surface area contributed by atoms with Crippen molar-refractivity contribution >= 4 is 11.3 Å². The highest BCUT2D eigenvalue weighted by molar-refractivity contribution is 5.68. The average molecular weight is 349 g/mol. The fraction of sp³-hybridized carbons (Fsp3) is 0.444. The summed E-state index contributed by atoms with van der Waals surface area (Å²) >= 11 is 0. The van der Waals surface area contributed by atoms with E-state index in [1.54, 1.807) is 6.20 Å². The molecule has 5 rings (SSSR count). The molecule has 132 valence electrons. The number of hydrogen-bond acceptors (Lipinski definition) is 6. The first-order valence-corrected chi connectivity index (χ1v) is 8.86. The molecular weight excluding hydrogens is 330 g/mol. The molecule has 1 aliphatic heterocycles. The number of fused-ring (bicyclic) bond motifs is 1. The predicted molar refractivity (Wildman–Crippen MR) is 94.7 cm³/mol. The molecule has 1 unspecified atom stereocenters. The number of hydrogen-bond donors (Lipinski definition) is 1. The smallest absolute Gasteiger partial charge is 0.179 e. The molecule has 2 fully saturated rings. The number of nitrogens with one attached hydrogen (secondary N) is 1. The maximum atomic E-state index is 9.76. The molecular formula is C18H19N7O. The number of nitrogens with zero attached hydrogens (tertiary/aromatic N) is 6. The normalized spacial score (nSPS) is 21.7. The second-order valence-corrected chi connectivity index (χ2v) is 7.08. The molecule has 3 aromatic heterocycles. The number of imidazole rings is 1. The van der Waals surface area contributed by atoms with Crippen LogP contribution in [0.25, 0.3) is 17.0 Å². The first-order chi connectivity index (χ1) is 12.7. The van der Waals surface area contributed by atoms with E-state index in [9.17, 15) is 5.26 Å². The first kappa shape index (κ1) is 15.3. The van der Waals surface area contributed by atoms with Gasteiger partial charge < -0.3 is 9.64 Å². The quantitative estimate of drug-likeness (QED) is 0.776. The Kier molecular flexibility index (Phi) is 3.27. The second kappa shape index (κ2) is 5.54. The zero-order valence-electron chi connectivity index (χ0n) is 14.5. The van der Waals surface area contributed by atoms with Crippen LogP contribution in [0.3, 0.4) is 0 Å². The Morgan fingerprint density at radius 3 is 3.00 bits per heavy atom. The molecule has 2 aliphatic rings. The lowest BCUT2D eigenvalue weighted by Crippen LogP contribution is -2.44. The van der Waals surface area contributed by atoms with Gasteiger partial charge >= 0.3 is 0 Å². The Bertz CT molecular complexity index is 997. The second-order valence-electron chi connectivity index (χ2n) is 7.08. The van der Waals surface area contributed by atoms with Crippen LogP contribution in [0, 0.1) is 11.3 Å². The zero-order chi connectivity index (χ0) is 17.7. The summed E-state index contributed by atoms with van der Waals surface area (Å²) in [5.41, 5.74) is 2.29. The van der Waals surface area contributed by atoms with Crippen LogP contribution in [0.1, 0.15) is 25.3 Å². The highest BCUT2D eigenvalue weighted by atomic mass is 16.5. The number of anilines is 1. The minimum Gasteiger partial charge on any atom is -0.377 e. The van der Waals surface area contributed by atoms with Crippen LogP contribution >= 0.6 is 0 Å². The van der Waals surface area contributed by atoms with Crippen molar-refractivity contribution < 1.29 is 4.74 Å². The largest absolute Gasteiger partial charge is 0.377 e. The number of nitriles is 1. The Morgan fingerprint density at radius 2 is 2.31 bits per heavy atom. The number of aromatic nitrogens is 5. The summed E-state index contributed by atoms with van der Waals surface area (Å²) in [6.07, 6.45) is 5.27. The lowest BCUT2D eigenvalue weighted by Gasteiger charge is -2.34. The molecule has 4 heterocycles. The fourth-order valence-electron chi connectivity index (χ4n) is 3.69. The van der Waals surface area contributed by atoms with E-state index in [0.717, 1.165) is 42.0 Å². The third-order valence-corrected chi connectivity index (χ3v) is 5.37. The van der Waals surface area contributed by atoms with Crippen LogP contribution in [0.5, 0.6) is 0 Å². The standard InChI is InChI=1S/C18H19N7O/c1-12-10-26-7-6-24(12)16-8-13(18(11-19)3-4-18)15-9-20-17(25(15)23-16)14-2-5-21-22-14/h2,5,8-9,12H,3-4,6-7,10H2,1H3,(H,21,22). The minimum atomic E-state index is -0.417. The molecule has 1 saturated heterocycles. The molecule has 1 N–H and O–H groups in total. The maximum absolute atomic E-state index is 9.76. The van der Waals surface area contributed by atoms with E-state index in [0.29, 0.717) is 19.0 Å². The number of rotatable bonds is 3. The molecule has 8 heteroatoms. The summed E-state index contributed by atoms with van der Waals surface area (Å²) in [6.45, 7) is 4.27. The highest BCUT2D eigenvalue weighted by Crippen LogP contribution is 2.49. The van der Waals surface area contributed by atoms with Gasteiger partial charge in [0.25, 0.3) is 0 Å². The van der Waals surface area contributed by atoms with Crippen LogP contribution in [0.2, 0.25) is 0 Å². The van der Waals surface area contributed by atoms with E-state index in [1.807, 2.05) is 16.8 Å². The van der Waals surface area contributed by atoms with Crippen molar-refractivity contribution in [2.75, 3.05) is 24.7 Å². The topological polar surface area (TPSA) is 95.1 Å². The van der Waals surface area contributed by atoms with E-state index in [-0.39, 0.29) is 6.04 Å². The van der Waals surface area contributed by atoms with Gasteiger partial charge in [0.1, 0.15) is 11.5 Å². The summed E-state index contributed by atoms with van der Waals surface area (Å²) < 4.78 is 7.41. The Balaban J connectivity index is 1.73. The molecule has 0 radical (unpaired) electrons. The van der Waals surface area contributed by atoms with Crippen LogP contribution in [0.15, 0.2) is 24.5 Å². The summed E-state index contributed by atoms with van der Waals surface area (Å²) in [5, 5.41) is 21.6. The molecule has 8 nitrogen and oxygen atoms in total. The van der Waals surface area contributed by atoms with Crippen molar-refractivity contribution in [2.24, 2.45) is 0 Å². The zero-order valence-corrected chi connectivity index (χ0v) is 14.5. The van der Waals surface area contributed by atoms with Crippen molar-refractivity contribution in [2.45, 2.75) is 31.2 Å². The SMILES string of the molecule is CC1COCCN1c1cc(C2(C#N)CC2)c2cnc(-c3ccn[nH]3)n2n1. The van der Waals surface area contributed by atoms with Crippen molar-refractivity contribution in [3.63, 3.8) is 0 Å². The Labute approximate surface area is 150 Å². The van der Waals surface area contributed by atoms with E-state index < -0.39 is 5.41 Å². The summed E-state index contributed by atoms with van der Waals surface area (Å²) in [6, 6.07) is 6.70. The first-order valence-electron chi connectivity index (χ1n) is 8.86. The lowest BCUT2D eigenvalue weighted by atomic mass is 9.98. The Morgan fingerprint density at radius 1 is 1.42 bits per heavy atom. The summed E-state index contributed by atoms with van der Waals surface area (Å²) in [5.74, 6) is 1.57. The van der Waals surface area contributed by atoms with E-state index in [1.165, 1.54) is 0 Å². The average Bonchev–Trinajstić information content (AvgIpc) is 3.06. The third-order valence-electron chi connectivity index (χ3n) is 5.37. The van der Waals surface area contributed by atoms with E-state index in [4.69, 9.17) is 9.84 Å². The van der Waals surface area contributed by atoms with Crippen LogP contribution < -0.4 is 4.90 Å². The summed E-state index contributed by atoms with van der Waals surface area (Å²) in [4.78, 5) is 6.80. The lowest BCUT2D eigenvalue weighted by molar-refractivity contribution is 0.0984. The van der Waals surface area contributed by atoms with Gasteiger partial charge in [0.2, 0.25) is 0 Å². The number of H-pyrrole nitrogens is 1. The molecule has 0 amide bonds. The Hall–Kier alpha value is -2.92. The van der Waals surface area contributed by atoms with Gasteiger partial charge in [0, 0.05) is 18.3 Å². The summed E-state index contributed by atoms with van der Waals surface area (Å²) in [7, 11) is 0. The van der Waals surface area contributed by atoms with Crippen LogP contribution in [-0.4, -0.2) is 50.6 Å². The molecule has 1 saturated carbocycles. The van der Waals surface area contributed by atoms with Crippen molar-refractivity contribution in [1.29, 1.82) is 5.26 Å².